The molecule has 0 bridgehead atoms. The van der Waals surface area contributed by atoms with E-state index in [1.807, 2.05) is 121 Å². The standard InChI is InChI=1S/C32H24O2P2S2/c33-31(35(37,27-13-5-1-6-14-27)28-15-7-2-8-16-28)25-21-23-26(24-22-25)32(34)36(38,29-17-9-3-10-18-29)30-19-11-4-12-20-30/h1-24H. The first-order chi connectivity index (χ1) is 18.5. The van der Waals surface area contributed by atoms with Gasteiger partial charge in [-0.1, -0.05) is 169 Å². The van der Waals surface area contributed by atoms with Crippen LogP contribution in [0.3, 0.4) is 0 Å². The Morgan fingerprint density at radius 3 is 0.789 bits per heavy atom. The van der Waals surface area contributed by atoms with Crippen LogP contribution in [-0.4, -0.2) is 11.0 Å². The van der Waals surface area contributed by atoms with Gasteiger partial charge in [-0.2, -0.15) is 0 Å². The molecule has 0 aliphatic carbocycles. The summed E-state index contributed by atoms with van der Waals surface area (Å²) in [5.41, 5.74) is 0.777. The molecule has 0 heterocycles. The van der Waals surface area contributed by atoms with E-state index in [0.717, 1.165) is 21.2 Å². The molecule has 0 saturated carbocycles. The average molecular weight is 567 g/mol. The second-order valence-corrected chi connectivity index (χ2v) is 17.3. The van der Waals surface area contributed by atoms with Gasteiger partial charge in [0, 0.05) is 11.1 Å². The van der Waals surface area contributed by atoms with E-state index in [-0.39, 0.29) is 11.0 Å². The van der Waals surface area contributed by atoms with Gasteiger partial charge in [-0.15, -0.1) is 0 Å². The maximum absolute atomic E-state index is 14.0. The molecular formula is C32H24O2P2S2. The highest BCUT2D eigenvalue weighted by Gasteiger charge is 2.34. The Kier molecular flexibility index (Phi) is 7.79. The van der Waals surface area contributed by atoms with Gasteiger partial charge < -0.3 is 0 Å². The van der Waals surface area contributed by atoms with Crippen LogP contribution in [-0.2, 0) is 23.6 Å². The van der Waals surface area contributed by atoms with Crippen LogP contribution in [0.5, 0.6) is 0 Å². The third-order valence-corrected chi connectivity index (χ3v) is 15.7. The summed E-state index contributed by atoms with van der Waals surface area (Å²) in [6, 6.07) is 39.7. The lowest BCUT2D eigenvalue weighted by atomic mass is 10.2. The van der Waals surface area contributed by atoms with Crippen molar-refractivity contribution in [1.82, 2.24) is 0 Å². The lowest BCUT2D eigenvalue weighted by Crippen LogP contribution is -2.23. The minimum absolute atomic E-state index is 0.102. The number of benzene rings is 5. The van der Waals surface area contributed by atoms with E-state index in [4.69, 9.17) is 23.6 Å². The Labute approximate surface area is 233 Å². The molecule has 5 aromatic rings. The number of carbonyl (C=O) groups is 2. The molecule has 0 N–H and O–H groups in total. The minimum atomic E-state index is -2.81. The summed E-state index contributed by atoms with van der Waals surface area (Å²) in [4.78, 5) is 28.1. The molecule has 2 nitrogen and oxygen atoms in total. The Bertz CT molecular complexity index is 1460. The quantitative estimate of drug-likeness (QED) is 0.209. The van der Waals surface area contributed by atoms with Crippen molar-refractivity contribution in [2.75, 3.05) is 0 Å². The summed E-state index contributed by atoms with van der Waals surface area (Å²) in [6.45, 7) is 0. The van der Waals surface area contributed by atoms with Crippen molar-refractivity contribution in [3.05, 3.63) is 157 Å². The van der Waals surface area contributed by atoms with E-state index >= 15 is 0 Å². The summed E-state index contributed by atoms with van der Waals surface area (Å²) in [7, 11) is 0. The SMILES string of the molecule is O=C(c1ccc(C(=O)P(=S)(c2ccccc2)c2ccccc2)cc1)P(=S)(c1ccccc1)c1ccccc1. The molecule has 0 saturated heterocycles. The Hall–Kier alpha value is -3.26. The van der Waals surface area contributed by atoms with Crippen molar-refractivity contribution in [2.45, 2.75) is 0 Å². The van der Waals surface area contributed by atoms with E-state index in [2.05, 4.69) is 0 Å². The molecule has 0 aliphatic rings. The first-order valence-electron chi connectivity index (χ1n) is 12.1. The third-order valence-electron chi connectivity index (χ3n) is 6.43. The molecule has 0 fully saturated rings. The van der Waals surface area contributed by atoms with Crippen molar-refractivity contribution in [3.8, 4) is 0 Å². The van der Waals surface area contributed by atoms with Crippen molar-refractivity contribution in [2.24, 2.45) is 0 Å². The minimum Gasteiger partial charge on any atom is -0.287 e. The molecular weight excluding hydrogens is 542 g/mol. The molecule has 0 unspecified atom stereocenters. The summed E-state index contributed by atoms with van der Waals surface area (Å²) >= 11 is 12.4. The molecule has 38 heavy (non-hydrogen) atoms. The van der Waals surface area contributed by atoms with Crippen LogP contribution >= 0.6 is 12.1 Å². The van der Waals surface area contributed by atoms with Gasteiger partial charge in [0.05, 0.1) is 12.1 Å². The van der Waals surface area contributed by atoms with Crippen LogP contribution in [0.4, 0.5) is 0 Å². The van der Waals surface area contributed by atoms with Gasteiger partial charge in [0.25, 0.3) is 0 Å². The van der Waals surface area contributed by atoms with Crippen molar-refractivity contribution >= 4 is 68.0 Å². The van der Waals surface area contributed by atoms with Gasteiger partial charge in [-0.25, -0.2) is 0 Å². The maximum Gasteiger partial charge on any atom is 0.202 e. The zero-order valence-corrected chi connectivity index (χ0v) is 23.8. The van der Waals surface area contributed by atoms with E-state index in [1.165, 1.54) is 0 Å². The van der Waals surface area contributed by atoms with Gasteiger partial charge in [-0.3, -0.25) is 9.59 Å². The lowest BCUT2D eigenvalue weighted by Gasteiger charge is -2.23. The monoisotopic (exact) mass is 566 g/mol. The fraction of sp³-hybridized carbons (Fsp3) is 0. The van der Waals surface area contributed by atoms with Crippen LogP contribution in [0.15, 0.2) is 146 Å². The fourth-order valence-corrected chi connectivity index (χ4v) is 11.5. The molecule has 5 rings (SSSR count). The zero-order valence-electron chi connectivity index (χ0n) is 20.4. The van der Waals surface area contributed by atoms with Crippen molar-refractivity contribution < 1.29 is 9.59 Å². The second-order valence-electron chi connectivity index (χ2n) is 8.75. The van der Waals surface area contributed by atoms with Crippen LogP contribution < -0.4 is 21.2 Å². The molecule has 0 amide bonds. The van der Waals surface area contributed by atoms with Crippen LogP contribution in [0.1, 0.15) is 20.7 Å². The molecule has 0 spiro atoms. The van der Waals surface area contributed by atoms with Crippen LogP contribution in [0.2, 0.25) is 0 Å². The molecule has 186 valence electrons. The number of hydrogen-bond donors (Lipinski definition) is 0. The normalized spacial score (nSPS) is 11.6. The maximum atomic E-state index is 14.0. The zero-order chi connectivity index (χ0) is 26.6. The summed E-state index contributed by atoms with van der Waals surface area (Å²) in [5, 5.41) is 3.37. The molecule has 0 aliphatic heterocycles. The Morgan fingerprint density at radius 1 is 0.368 bits per heavy atom. The summed E-state index contributed by atoms with van der Waals surface area (Å²) < 4.78 is 0. The Balaban J connectivity index is 1.55. The van der Waals surface area contributed by atoms with Gasteiger partial charge >= 0.3 is 0 Å². The van der Waals surface area contributed by atoms with Crippen molar-refractivity contribution in [1.29, 1.82) is 0 Å². The van der Waals surface area contributed by atoms with E-state index in [9.17, 15) is 9.59 Å². The van der Waals surface area contributed by atoms with E-state index in [0.29, 0.717) is 11.1 Å². The third kappa shape index (κ3) is 4.82. The molecule has 5 aromatic carbocycles. The smallest absolute Gasteiger partial charge is 0.202 e. The predicted molar refractivity (Wildman–Crippen MR) is 168 cm³/mol. The number of carbonyl (C=O) groups excluding carboxylic acids is 2. The first-order valence-corrected chi connectivity index (χ1v) is 17.7. The fourth-order valence-electron chi connectivity index (χ4n) is 4.44. The Morgan fingerprint density at radius 2 is 0.579 bits per heavy atom. The first kappa shape index (κ1) is 26.4. The topological polar surface area (TPSA) is 34.1 Å². The van der Waals surface area contributed by atoms with Gasteiger partial charge in [0.2, 0.25) is 11.0 Å². The van der Waals surface area contributed by atoms with Crippen LogP contribution in [0.25, 0.3) is 0 Å². The summed E-state index contributed by atoms with van der Waals surface area (Å²) in [5.74, 6) is 0. The van der Waals surface area contributed by atoms with E-state index < -0.39 is 12.1 Å². The van der Waals surface area contributed by atoms with Gasteiger partial charge in [0.15, 0.2) is 0 Å². The second kappa shape index (κ2) is 11.2. The van der Waals surface area contributed by atoms with Gasteiger partial charge in [-0.05, 0) is 21.2 Å². The highest BCUT2D eigenvalue weighted by Crippen LogP contribution is 2.49. The molecule has 0 atom stereocenters. The van der Waals surface area contributed by atoms with Crippen molar-refractivity contribution in [3.63, 3.8) is 0 Å². The molecule has 0 aromatic heterocycles. The van der Waals surface area contributed by atoms with E-state index in [1.54, 1.807) is 24.3 Å². The lowest BCUT2D eigenvalue weighted by molar-refractivity contribution is 0.107. The molecule has 0 radical (unpaired) electrons. The predicted octanol–water partition coefficient (Wildman–Crippen LogP) is 6.23. The largest absolute Gasteiger partial charge is 0.287 e. The molecule has 6 heteroatoms. The van der Waals surface area contributed by atoms with Gasteiger partial charge in [0.1, 0.15) is 0 Å². The average Bonchev–Trinajstić information content (AvgIpc) is 3.01. The highest BCUT2D eigenvalue weighted by atomic mass is 32.4. The number of rotatable bonds is 8. The number of hydrogen-bond acceptors (Lipinski definition) is 4. The summed E-state index contributed by atoms with van der Waals surface area (Å²) in [6.07, 6.45) is 0. The van der Waals surface area contributed by atoms with Crippen LogP contribution in [0, 0.1) is 0 Å². The highest BCUT2D eigenvalue weighted by molar-refractivity contribution is 8.30.